The van der Waals surface area contributed by atoms with Crippen LogP contribution in [-0.2, 0) is 6.54 Å². The van der Waals surface area contributed by atoms with Crippen molar-refractivity contribution < 1.29 is 0 Å². The van der Waals surface area contributed by atoms with E-state index in [0.717, 1.165) is 25.6 Å². The van der Waals surface area contributed by atoms with Crippen molar-refractivity contribution in [2.45, 2.75) is 64.0 Å². The normalized spacial score (nSPS) is 26.2. The number of hydrogen-bond acceptors (Lipinski definition) is 5. The van der Waals surface area contributed by atoms with E-state index in [1.165, 1.54) is 83.2 Å². The molecule has 0 aromatic carbocycles. The van der Waals surface area contributed by atoms with Gasteiger partial charge < -0.3 is 9.80 Å². The maximum atomic E-state index is 4.89. The zero-order valence-corrected chi connectivity index (χ0v) is 15.6. The fourth-order valence-electron chi connectivity index (χ4n) is 4.67. The van der Waals surface area contributed by atoms with Gasteiger partial charge in [0.2, 0.25) is 5.95 Å². The SMILES string of the molecule is c1cc(CN2CCCC[C@@H]2CN2CCCCC2)nc(N2CCCC2)n1. The Bertz CT molecular complexity index is 537. The zero-order valence-electron chi connectivity index (χ0n) is 15.6. The molecule has 3 aliphatic heterocycles. The average molecular weight is 344 g/mol. The molecular formula is C20H33N5. The van der Waals surface area contributed by atoms with Gasteiger partial charge in [0, 0.05) is 38.4 Å². The summed E-state index contributed by atoms with van der Waals surface area (Å²) in [5.41, 5.74) is 1.20. The van der Waals surface area contributed by atoms with Crippen molar-refractivity contribution >= 4 is 5.95 Å². The van der Waals surface area contributed by atoms with Crippen LogP contribution in [0.25, 0.3) is 0 Å². The lowest BCUT2D eigenvalue weighted by molar-refractivity contribution is 0.0886. The molecule has 3 aliphatic rings. The number of likely N-dealkylation sites (tertiary alicyclic amines) is 2. The molecule has 4 heterocycles. The van der Waals surface area contributed by atoms with Gasteiger partial charge in [-0.25, -0.2) is 9.97 Å². The monoisotopic (exact) mass is 343 g/mol. The van der Waals surface area contributed by atoms with Gasteiger partial charge >= 0.3 is 0 Å². The second-order valence-corrected chi connectivity index (χ2v) is 8.02. The molecule has 0 spiro atoms. The van der Waals surface area contributed by atoms with Crippen molar-refractivity contribution in [2.24, 2.45) is 0 Å². The molecule has 0 radical (unpaired) electrons. The van der Waals surface area contributed by atoms with Gasteiger partial charge in [-0.15, -0.1) is 0 Å². The maximum Gasteiger partial charge on any atom is 0.225 e. The lowest BCUT2D eigenvalue weighted by Crippen LogP contribution is -2.47. The third kappa shape index (κ3) is 4.50. The summed E-state index contributed by atoms with van der Waals surface area (Å²) in [5.74, 6) is 0.944. The minimum atomic E-state index is 0.706. The second kappa shape index (κ2) is 8.45. The molecule has 0 aliphatic carbocycles. The zero-order chi connectivity index (χ0) is 16.9. The van der Waals surface area contributed by atoms with Crippen LogP contribution >= 0.6 is 0 Å². The van der Waals surface area contributed by atoms with Crippen LogP contribution in [0, 0.1) is 0 Å². The summed E-state index contributed by atoms with van der Waals surface area (Å²) in [4.78, 5) is 17.1. The van der Waals surface area contributed by atoms with Crippen molar-refractivity contribution in [2.75, 3.05) is 44.2 Å². The van der Waals surface area contributed by atoms with Crippen LogP contribution in [0.2, 0.25) is 0 Å². The summed E-state index contributed by atoms with van der Waals surface area (Å²) in [7, 11) is 0. The lowest BCUT2D eigenvalue weighted by atomic mass is 10.00. The first-order chi connectivity index (χ1) is 12.4. The molecule has 1 aromatic rings. The van der Waals surface area contributed by atoms with Gasteiger partial charge in [0.25, 0.3) is 0 Å². The summed E-state index contributed by atoms with van der Waals surface area (Å²) in [6.07, 6.45) is 12.8. The Morgan fingerprint density at radius 3 is 2.48 bits per heavy atom. The molecule has 3 saturated heterocycles. The van der Waals surface area contributed by atoms with E-state index in [-0.39, 0.29) is 0 Å². The van der Waals surface area contributed by atoms with Crippen LogP contribution in [0.15, 0.2) is 12.3 Å². The molecule has 4 rings (SSSR count). The fraction of sp³-hybridized carbons (Fsp3) is 0.800. The van der Waals surface area contributed by atoms with Gasteiger partial charge in [-0.3, -0.25) is 4.90 Å². The summed E-state index contributed by atoms with van der Waals surface area (Å²) >= 11 is 0. The Kier molecular flexibility index (Phi) is 5.83. The van der Waals surface area contributed by atoms with Gasteiger partial charge in [0.15, 0.2) is 0 Å². The van der Waals surface area contributed by atoms with Crippen LogP contribution in [0.1, 0.15) is 57.1 Å². The molecule has 1 atom stereocenters. The van der Waals surface area contributed by atoms with Crippen molar-refractivity contribution in [3.05, 3.63) is 18.0 Å². The Hall–Kier alpha value is -1.20. The molecule has 3 fully saturated rings. The van der Waals surface area contributed by atoms with Gasteiger partial charge in [-0.05, 0) is 64.2 Å². The topological polar surface area (TPSA) is 35.5 Å². The smallest absolute Gasteiger partial charge is 0.225 e. The Morgan fingerprint density at radius 1 is 0.880 bits per heavy atom. The molecule has 5 nitrogen and oxygen atoms in total. The highest BCUT2D eigenvalue weighted by molar-refractivity contribution is 5.31. The first kappa shape index (κ1) is 17.2. The number of rotatable bonds is 5. The van der Waals surface area contributed by atoms with Crippen molar-refractivity contribution in [1.29, 1.82) is 0 Å². The summed E-state index contributed by atoms with van der Waals surface area (Å²) in [5, 5.41) is 0. The van der Waals surface area contributed by atoms with Crippen LogP contribution in [-0.4, -0.2) is 65.1 Å². The molecule has 5 heteroatoms. The van der Waals surface area contributed by atoms with Crippen LogP contribution < -0.4 is 4.90 Å². The quantitative estimate of drug-likeness (QED) is 0.821. The van der Waals surface area contributed by atoms with E-state index in [9.17, 15) is 0 Å². The molecule has 25 heavy (non-hydrogen) atoms. The largest absolute Gasteiger partial charge is 0.341 e. The lowest BCUT2D eigenvalue weighted by Gasteiger charge is -2.39. The van der Waals surface area contributed by atoms with Crippen molar-refractivity contribution in [3.63, 3.8) is 0 Å². The number of hydrogen-bond donors (Lipinski definition) is 0. The molecule has 0 amide bonds. The minimum absolute atomic E-state index is 0.706. The highest BCUT2D eigenvalue weighted by Gasteiger charge is 2.26. The van der Waals surface area contributed by atoms with E-state index in [0.29, 0.717) is 6.04 Å². The Balaban J connectivity index is 1.39. The molecule has 138 valence electrons. The van der Waals surface area contributed by atoms with Crippen LogP contribution in [0.4, 0.5) is 5.95 Å². The van der Waals surface area contributed by atoms with E-state index in [1.807, 2.05) is 6.20 Å². The highest BCUT2D eigenvalue weighted by atomic mass is 15.3. The number of aromatic nitrogens is 2. The van der Waals surface area contributed by atoms with E-state index < -0.39 is 0 Å². The predicted octanol–water partition coefficient (Wildman–Crippen LogP) is 2.92. The van der Waals surface area contributed by atoms with Crippen LogP contribution in [0.5, 0.6) is 0 Å². The van der Waals surface area contributed by atoms with Gasteiger partial charge in [-0.2, -0.15) is 0 Å². The molecule has 0 bridgehead atoms. The van der Waals surface area contributed by atoms with Gasteiger partial charge in [0.05, 0.1) is 5.69 Å². The minimum Gasteiger partial charge on any atom is -0.341 e. The van der Waals surface area contributed by atoms with Gasteiger partial charge in [-0.1, -0.05) is 12.8 Å². The average Bonchev–Trinajstić information content (AvgIpc) is 3.19. The Labute approximate surface area is 152 Å². The van der Waals surface area contributed by atoms with Gasteiger partial charge in [0.1, 0.15) is 0 Å². The molecule has 0 saturated carbocycles. The van der Waals surface area contributed by atoms with Crippen molar-refractivity contribution in [1.82, 2.24) is 19.8 Å². The van der Waals surface area contributed by atoms with E-state index in [1.54, 1.807) is 0 Å². The second-order valence-electron chi connectivity index (χ2n) is 8.02. The first-order valence-electron chi connectivity index (χ1n) is 10.4. The van der Waals surface area contributed by atoms with E-state index in [4.69, 9.17) is 4.98 Å². The molecule has 0 unspecified atom stereocenters. The summed E-state index contributed by atoms with van der Waals surface area (Å²) in [6.45, 7) is 8.30. The Morgan fingerprint density at radius 2 is 1.64 bits per heavy atom. The summed E-state index contributed by atoms with van der Waals surface area (Å²) in [6, 6.07) is 2.82. The standard InChI is InChI=1S/C20H33N5/c1-3-11-23(12-4-1)17-19-8-2-5-15-25(19)16-18-9-10-21-20(22-18)24-13-6-7-14-24/h9-10,19H,1-8,11-17H2/t19-/m1/s1. The third-order valence-corrected chi connectivity index (χ3v) is 6.12. The number of anilines is 1. The molecular weight excluding hydrogens is 310 g/mol. The van der Waals surface area contributed by atoms with E-state index >= 15 is 0 Å². The number of piperidine rings is 2. The van der Waals surface area contributed by atoms with Crippen molar-refractivity contribution in [3.8, 4) is 0 Å². The molecule has 1 aromatic heterocycles. The molecule has 0 N–H and O–H groups in total. The predicted molar refractivity (Wildman–Crippen MR) is 102 cm³/mol. The highest BCUT2D eigenvalue weighted by Crippen LogP contribution is 2.22. The third-order valence-electron chi connectivity index (χ3n) is 6.12. The fourth-order valence-corrected chi connectivity index (χ4v) is 4.67. The number of nitrogens with zero attached hydrogens (tertiary/aromatic N) is 5. The van der Waals surface area contributed by atoms with Crippen LogP contribution in [0.3, 0.4) is 0 Å². The summed E-state index contributed by atoms with van der Waals surface area (Å²) < 4.78 is 0. The van der Waals surface area contributed by atoms with E-state index in [2.05, 4.69) is 25.8 Å². The maximum absolute atomic E-state index is 4.89. The first-order valence-corrected chi connectivity index (χ1v) is 10.4.